The molecule has 0 atom stereocenters. The highest BCUT2D eigenvalue weighted by Gasteiger charge is 2.21. The minimum atomic E-state index is 0.653. The van der Waals surface area contributed by atoms with Crippen LogP contribution >= 0.6 is 0 Å². The standard InChI is InChI=1S/C57H32N2/c1-58-44-31-40-23-22-39-30-43(32-52-56(39)57(40)53(33-44)59(52)45-12-3-2-4-13-45)49-25-24-48(50-15-7-8-16-51(49)50)42-28-37-20-18-35-26-41(27-36-19-21-38(29-42)55(37)54(35)36)47-17-9-11-34-10-5-6-14-46(34)47/h2-33H. The zero-order valence-corrected chi connectivity index (χ0v) is 31.9. The van der Waals surface area contributed by atoms with Crippen molar-refractivity contribution >= 4 is 92.1 Å². The van der Waals surface area contributed by atoms with Crippen molar-refractivity contribution in [2.75, 3.05) is 0 Å². The van der Waals surface area contributed by atoms with Gasteiger partial charge >= 0.3 is 0 Å². The van der Waals surface area contributed by atoms with Crippen LogP contribution in [-0.4, -0.2) is 4.57 Å². The van der Waals surface area contributed by atoms with Crippen LogP contribution in [0.25, 0.3) is 130 Å². The lowest BCUT2D eigenvalue weighted by Gasteiger charge is -2.17. The Morgan fingerprint density at radius 3 is 1.34 bits per heavy atom. The van der Waals surface area contributed by atoms with Crippen LogP contribution in [-0.2, 0) is 0 Å². The van der Waals surface area contributed by atoms with Crippen molar-refractivity contribution in [3.05, 3.63) is 206 Å². The molecule has 0 aliphatic rings. The van der Waals surface area contributed by atoms with Gasteiger partial charge in [-0.3, -0.25) is 0 Å². The topological polar surface area (TPSA) is 9.29 Å². The fourth-order valence-electron chi connectivity index (χ4n) is 10.3. The van der Waals surface area contributed by atoms with E-state index in [1.165, 1.54) is 103 Å². The molecule has 1 aromatic heterocycles. The Labute approximate surface area is 339 Å². The van der Waals surface area contributed by atoms with Crippen molar-refractivity contribution in [1.29, 1.82) is 0 Å². The van der Waals surface area contributed by atoms with Gasteiger partial charge in [0, 0.05) is 22.0 Å². The number of para-hydroxylation sites is 1. The lowest BCUT2D eigenvalue weighted by atomic mass is 9.87. The quantitative estimate of drug-likeness (QED) is 0.125. The minimum absolute atomic E-state index is 0.653. The Balaban J connectivity index is 0.982. The van der Waals surface area contributed by atoms with Gasteiger partial charge in [-0.2, -0.15) is 0 Å². The summed E-state index contributed by atoms with van der Waals surface area (Å²) in [5, 5.41) is 17.4. The third kappa shape index (κ3) is 4.62. The number of hydrogen-bond acceptors (Lipinski definition) is 0. The summed E-state index contributed by atoms with van der Waals surface area (Å²) in [6.07, 6.45) is 0. The highest BCUT2D eigenvalue weighted by atomic mass is 15.0. The van der Waals surface area contributed by atoms with E-state index >= 15 is 0 Å². The molecule has 59 heavy (non-hydrogen) atoms. The average molecular weight is 745 g/mol. The van der Waals surface area contributed by atoms with Crippen LogP contribution in [0.3, 0.4) is 0 Å². The molecule has 0 saturated heterocycles. The zero-order chi connectivity index (χ0) is 38.8. The molecule has 0 spiro atoms. The molecule has 270 valence electrons. The molecule has 0 fully saturated rings. The largest absolute Gasteiger partial charge is 0.310 e. The van der Waals surface area contributed by atoms with Gasteiger partial charge in [-0.1, -0.05) is 133 Å². The van der Waals surface area contributed by atoms with Gasteiger partial charge in [-0.05, 0) is 159 Å². The molecule has 0 N–H and O–H groups in total. The highest BCUT2D eigenvalue weighted by molar-refractivity contribution is 6.27. The van der Waals surface area contributed by atoms with Gasteiger partial charge in [-0.25, -0.2) is 4.85 Å². The first-order chi connectivity index (χ1) is 29.2. The van der Waals surface area contributed by atoms with E-state index in [1.807, 2.05) is 12.1 Å². The third-order valence-electron chi connectivity index (χ3n) is 12.8. The van der Waals surface area contributed by atoms with E-state index < -0.39 is 0 Å². The molecule has 0 unspecified atom stereocenters. The molecule has 0 amide bonds. The molecule has 12 aromatic carbocycles. The van der Waals surface area contributed by atoms with Gasteiger partial charge in [0.1, 0.15) is 0 Å². The molecular formula is C57H32N2. The van der Waals surface area contributed by atoms with Crippen molar-refractivity contribution in [2.24, 2.45) is 0 Å². The SMILES string of the molecule is [C-]#[N+]c1cc2ccc3cc(-c4ccc(-c5cc6ccc7cc(-c8cccc9ccccc89)cc8ccc(c5)c6c78)c5ccccc45)cc4c3c2c(c1)n4-c1ccccc1. The molecule has 2 heteroatoms. The maximum atomic E-state index is 7.86. The second-order valence-corrected chi connectivity index (χ2v) is 16.0. The van der Waals surface area contributed by atoms with Crippen molar-refractivity contribution in [3.63, 3.8) is 0 Å². The van der Waals surface area contributed by atoms with Crippen LogP contribution in [0.5, 0.6) is 0 Å². The number of nitrogens with zero attached hydrogens (tertiary/aromatic N) is 2. The fraction of sp³-hybridized carbons (Fsp3) is 0. The number of rotatable bonds is 4. The Hall–Kier alpha value is -7.99. The summed E-state index contributed by atoms with van der Waals surface area (Å²) >= 11 is 0. The number of benzene rings is 12. The molecule has 13 aromatic rings. The van der Waals surface area contributed by atoms with Gasteiger partial charge in [0.2, 0.25) is 0 Å². The first-order valence-corrected chi connectivity index (χ1v) is 20.2. The summed E-state index contributed by atoms with van der Waals surface area (Å²) in [5.74, 6) is 0. The van der Waals surface area contributed by atoms with E-state index in [2.05, 4.69) is 191 Å². The Morgan fingerprint density at radius 2 is 0.763 bits per heavy atom. The third-order valence-corrected chi connectivity index (χ3v) is 12.8. The Kier molecular flexibility index (Phi) is 6.54. The van der Waals surface area contributed by atoms with Gasteiger partial charge in [0.05, 0.1) is 12.1 Å². The molecule has 0 aliphatic heterocycles. The van der Waals surface area contributed by atoms with E-state index in [0.29, 0.717) is 5.69 Å². The molecule has 0 saturated carbocycles. The van der Waals surface area contributed by atoms with Crippen LogP contribution in [0.4, 0.5) is 5.69 Å². The van der Waals surface area contributed by atoms with Crippen molar-refractivity contribution in [2.45, 2.75) is 0 Å². The van der Waals surface area contributed by atoms with Crippen LogP contribution in [0.2, 0.25) is 0 Å². The maximum absolute atomic E-state index is 7.86. The minimum Gasteiger partial charge on any atom is -0.310 e. The van der Waals surface area contributed by atoms with Crippen molar-refractivity contribution < 1.29 is 0 Å². The smallest absolute Gasteiger partial charge is 0.189 e. The summed E-state index contributed by atoms with van der Waals surface area (Å²) in [6.45, 7) is 7.86. The molecule has 13 rings (SSSR count). The second kappa shape index (κ2) is 12.0. The summed E-state index contributed by atoms with van der Waals surface area (Å²) in [5.41, 5.74) is 11.3. The number of aromatic nitrogens is 1. The maximum Gasteiger partial charge on any atom is 0.189 e. The predicted molar refractivity (Wildman–Crippen MR) is 251 cm³/mol. The van der Waals surface area contributed by atoms with Gasteiger partial charge in [0.25, 0.3) is 0 Å². The van der Waals surface area contributed by atoms with E-state index in [1.54, 1.807) is 0 Å². The fourth-order valence-corrected chi connectivity index (χ4v) is 10.3. The summed E-state index contributed by atoms with van der Waals surface area (Å²) in [4.78, 5) is 3.85. The molecule has 1 heterocycles. The van der Waals surface area contributed by atoms with Gasteiger partial charge in [-0.15, -0.1) is 0 Å². The lowest BCUT2D eigenvalue weighted by molar-refractivity contribution is 1.18. The number of hydrogen-bond donors (Lipinski definition) is 0. The number of fused-ring (bicyclic) bond motifs is 2. The molecule has 0 aliphatic carbocycles. The van der Waals surface area contributed by atoms with Crippen LogP contribution in [0.1, 0.15) is 0 Å². The molecular weight excluding hydrogens is 713 g/mol. The van der Waals surface area contributed by atoms with Crippen LogP contribution in [0.15, 0.2) is 194 Å². The van der Waals surface area contributed by atoms with Gasteiger partial charge < -0.3 is 4.57 Å². The molecule has 0 bridgehead atoms. The van der Waals surface area contributed by atoms with Gasteiger partial charge in [0.15, 0.2) is 5.69 Å². The summed E-state index contributed by atoms with van der Waals surface area (Å²) in [7, 11) is 0. The first kappa shape index (κ1) is 32.1. The average Bonchev–Trinajstić information content (AvgIpc) is 3.63. The van der Waals surface area contributed by atoms with E-state index in [0.717, 1.165) is 22.1 Å². The van der Waals surface area contributed by atoms with Crippen LogP contribution < -0.4 is 0 Å². The Bertz CT molecular complexity index is 3830. The second-order valence-electron chi connectivity index (χ2n) is 16.0. The highest BCUT2D eigenvalue weighted by Crippen LogP contribution is 2.46. The molecule has 2 nitrogen and oxygen atoms in total. The van der Waals surface area contributed by atoms with Crippen molar-refractivity contribution in [1.82, 2.24) is 4.57 Å². The summed E-state index contributed by atoms with van der Waals surface area (Å²) in [6, 6.07) is 71.2. The monoisotopic (exact) mass is 744 g/mol. The molecule has 0 radical (unpaired) electrons. The zero-order valence-electron chi connectivity index (χ0n) is 31.9. The Morgan fingerprint density at radius 1 is 0.322 bits per heavy atom. The van der Waals surface area contributed by atoms with Crippen molar-refractivity contribution in [3.8, 4) is 39.1 Å². The van der Waals surface area contributed by atoms with E-state index in [9.17, 15) is 0 Å². The van der Waals surface area contributed by atoms with E-state index in [4.69, 9.17) is 6.57 Å². The van der Waals surface area contributed by atoms with E-state index in [-0.39, 0.29) is 0 Å². The summed E-state index contributed by atoms with van der Waals surface area (Å²) < 4.78 is 2.34. The van der Waals surface area contributed by atoms with Crippen LogP contribution in [0, 0.1) is 6.57 Å². The lowest BCUT2D eigenvalue weighted by Crippen LogP contribution is -1.93. The first-order valence-electron chi connectivity index (χ1n) is 20.2. The predicted octanol–water partition coefficient (Wildman–Crippen LogP) is 16.1. The normalized spacial score (nSPS) is 12.1.